The predicted octanol–water partition coefficient (Wildman–Crippen LogP) is 2.35. The SMILES string of the molecule is CC.CN=C(NOC=O)c1c(C)ccc(F)c1F. The summed E-state index contributed by atoms with van der Waals surface area (Å²) < 4.78 is 26.5. The summed E-state index contributed by atoms with van der Waals surface area (Å²) in [5.41, 5.74) is 2.53. The number of hydrogen-bond donors (Lipinski definition) is 1. The zero-order valence-corrected chi connectivity index (χ0v) is 10.8. The second kappa shape index (κ2) is 8.16. The van der Waals surface area contributed by atoms with Gasteiger partial charge in [0.1, 0.15) is 0 Å². The van der Waals surface area contributed by atoms with Crippen molar-refractivity contribution in [1.82, 2.24) is 5.48 Å². The van der Waals surface area contributed by atoms with Gasteiger partial charge in [0.2, 0.25) is 0 Å². The molecule has 100 valence electrons. The van der Waals surface area contributed by atoms with Crippen molar-refractivity contribution in [1.29, 1.82) is 0 Å². The number of carbonyl (C=O) groups is 1. The van der Waals surface area contributed by atoms with E-state index in [1.807, 2.05) is 13.8 Å². The molecule has 0 aliphatic carbocycles. The number of hydroxylamine groups is 1. The van der Waals surface area contributed by atoms with Gasteiger partial charge in [-0.25, -0.2) is 14.3 Å². The van der Waals surface area contributed by atoms with E-state index in [1.165, 1.54) is 13.1 Å². The summed E-state index contributed by atoms with van der Waals surface area (Å²) in [6, 6.07) is 2.42. The Morgan fingerprint density at radius 2 is 2.00 bits per heavy atom. The first kappa shape index (κ1) is 16.0. The third-order valence-corrected chi connectivity index (χ3v) is 1.97. The lowest BCUT2D eigenvalue weighted by atomic mass is 10.1. The number of aliphatic imine (C=N–C) groups is 1. The monoisotopic (exact) mass is 258 g/mol. The third kappa shape index (κ3) is 3.80. The number of halogens is 2. The summed E-state index contributed by atoms with van der Waals surface area (Å²) >= 11 is 0. The summed E-state index contributed by atoms with van der Waals surface area (Å²) in [6.07, 6.45) is 0. The fraction of sp³-hybridized carbons (Fsp3) is 0.333. The van der Waals surface area contributed by atoms with E-state index in [9.17, 15) is 13.6 Å². The molecule has 0 aliphatic rings. The normalized spacial score (nSPS) is 10.2. The predicted molar refractivity (Wildman–Crippen MR) is 65.2 cm³/mol. The lowest BCUT2D eigenvalue weighted by Gasteiger charge is -2.10. The Morgan fingerprint density at radius 1 is 1.39 bits per heavy atom. The Kier molecular flexibility index (Phi) is 7.26. The molecule has 4 nitrogen and oxygen atoms in total. The average Bonchev–Trinajstić information content (AvgIpc) is 2.40. The van der Waals surface area contributed by atoms with Crippen molar-refractivity contribution in [3.8, 4) is 0 Å². The maximum atomic E-state index is 13.5. The zero-order chi connectivity index (χ0) is 14.1. The fourth-order valence-corrected chi connectivity index (χ4v) is 1.23. The van der Waals surface area contributed by atoms with Crippen LogP contribution < -0.4 is 5.48 Å². The van der Waals surface area contributed by atoms with Gasteiger partial charge in [0.05, 0.1) is 5.56 Å². The molecule has 1 rings (SSSR count). The molecule has 6 heteroatoms. The topological polar surface area (TPSA) is 50.7 Å². The van der Waals surface area contributed by atoms with Crippen LogP contribution in [0, 0.1) is 18.6 Å². The van der Waals surface area contributed by atoms with Crippen molar-refractivity contribution in [2.75, 3.05) is 7.05 Å². The molecule has 0 fully saturated rings. The molecule has 0 bridgehead atoms. The smallest absolute Gasteiger partial charge is 0.320 e. The molecule has 0 aliphatic heterocycles. The number of carbonyl (C=O) groups excluding carboxylic acids is 1. The van der Waals surface area contributed by atoms with Gasteiger partial charge in [0, 0.05) is 7.05 Å². The van der Waals surface area contributed by atoms with Crippen molar-refractivity contribution in [3.63, 3.8) is 0 Å². The molecule has 0 saturated heterocycles. The first-order chi connectivity index (χ1) is 8.61. The fourth-order valence-electron chi connectivity index (χ4n) is 1.23. The van der Waals surface area contributed by atoms with Crippen LogP contribution in [-0.4, -0.2) is 19.4 Å². The van der Waals surface area contributed by atoms with Crippen LogP contribution in [0.5, 0.6) is 0 Å². The quantitative estimate of drug-likeness (QED) is 0.392. The standard InChI is InChI=1S/C10H10F2N2O2.C2H6/c1-6-3-4-7(11)9(12)8(6)10(13-2)14-16-5-15;1-2/h3-5H,1-2H3,(H,13,14);1-2H3. The van der Waals surface area contributed by atoms with E-state index in [0.29, 0.717) is 5.56 Å². The molecular weight excluding hydrogens is 242 g/mol. The molecule has 1 N–H and O–H groups in total. The largest absolute Gasteiger partial charge is 0.345 e. The minimum atomic E-state index is -1.04. The van der Waals surface area contributed by atoms with Crippen LogP contribution >= 0.6 is 0 Å². The second-order valence-electron chi connectivity index (χ2n) is 2.94. The van der Waals surface area contributed by atoms with Crippen LogP contribution in [0.25, 0.3) is 0 Å². The van der Waals surface area contributed by atoms with Gasteiger partial charge in [-0.2, -0.15) is 0 Å². The number of hydrogen-bond acceptors (Lipinski definition) is 3. The van der Waals surface area contributed by atoms with E-state index < -0.39 is 11.6 Å². The van der Waals surface area contributed by atoms with Gasteiger partial charge >= 0.3 is 6.47 Å². The number of nitrogens with one attached hydrogen (secondary N) is 1. The molecule has 0 unspecified atom stereocenters. The van der Waals surface area contributed by atoms with Crippen molar-refractivity contribution >= 4 is 12.3 Å². The zero-order valence-electron chi connectivity index (χ0n) is 10.8. The van der Waals surface area contributed by atoms with E-state index in [0.717, 1.165) is 6.07 Å². The molecule has 0 aromatic heterocycles. The summed E-state index contributed by atoms with van der Waals surface area (Å²) in [5, 5.41) is 0. The van der Waals surface area contributed by atoms with Gasteiger partial charge in [-0.3, -0.25) is 9.79 Å². The van der Waals surface area contributed by atoms with E-state index >= 15 is 0 Å². The van der Waals surface area contributed by atoms with E-state index in [2.05, 4.69) is 15.3 Å². The van der Waals surface area contributed by atoms with Crippen molar-refractivity contribution in [2.24, 2.45) is 4.99 Å². The summed E-state index contributed by atoms with van der Waals surface area (Å²) in [5.74, 6) is -2.08. The van der Waals surface area contributed by atoms with Crippen molar-refractivity contribution < 1.29 is 18.4 Å². The Bertz CT molecular complexity index is 434. The highest BCUT2D eigenvalue weighted by Gasteiger charge is 2.16. The molecule has 1 aromatic carbocycles. The first-order valence-corrected chi connectivity index (χ1v) is 5.38. The second-order valence-corrected chi connectivity index (χ2v) is 2.94. The molecule has 0 amide bonds. The van der Waals surface area contributed by atoms with E-state index in [4.69, 9.17) is 0 Å². The Labute approximate surface area is 105 Å². The lowest BCUT2D eigenvalue weighted by molar-refractivity contribution is -0.132. The molecule has 0 saturated carbocycles. The maximum absolute atomic E-state index is 13.5. The Morgan fingerprint density at radius 3 is 2.50 bits per heavy atom. The minimum absolute atomic E-state index is 0.0541. The number of nitrogens with zero attached hydrogens (tertiary/aromatic N) is 1. The highest BCUT2D eigenvalue weighted by molar-refractivity contribution is 5.99. The molecule has 18 heavy (non-hydrogen) atoms. The van der Waals surface area contributed by atoms with Gasteiger partial charge in [-0.1, -0.05) is 19.9 Å². The summed E-state index contributed by atoms with van der Waals surface area (Å²) in [6.45, 7) is 5.71. The summed E-state index contributed by atoms with van der Waals surface area (Å²) in [4.78, 5) is 17.9. The number of benzene rings is 1. The van der Waals surface area contributed by atoms with Crippen LogP contribution in [-0.2, 0) is 9.63 Å². The lowest BCUT2D eigenvalue weighted by Crippen LogP contribution is -2.26. The van der Waals surface area contributed by atoms with Crippen LogP contribution in [0.15, 0.2) is 17.1 Å². The van der Waals surface area contributed by atoms with Crippen molar-refractivity contribution in [3.05, 3.63) is 34.9 Å². The van der Waals surface area contributed by atoms with E-state index in [-0.39, 0.29) is 17.9 Å². The first-order valence-electron chi connectivity index (χ1n) is 5.38. The maximum Gasteiger partial charge on any atom is 0.320 e. The van der Waals surface area contributed by atoms with Gasteiger partial charge in [-0.05, 0) is 18.6 Å². The van der Waals surface area contributed by atoms with Crippen LogP contribution in [0.4, 0.5) is 8.78 Å². The van der Waals surface area contributed by atoms with Gasteiger partial charge in [0.25, 0.3) is 0 Å². The van der Waals surface area contributed by atoms with Crippen LogP contribution in [0.1, 0.15) is 25.0 Å². The number of rotatable bonds is 3. The number of amidine groups is 1. The highest BCUT2D eigenvalue weighted by atomic mass is 19.2. The third-order valence-electron chi connectivity index (χ3n) is 1.97. The van der Waals surface area contributed by atoms with Gasteiger partial charge < -0.3 is 4.84 Å². The minimum Gasteiger partial charge on any atom is -0.345 e. The van der Waals surface area contributed by atoms with Crippen LogP contribution in [0.3, 0.4) is 0 Å². The number of aryl methyl sites for hydroxylation is 1. The molecular formula is C12H16F2N2O2. The Balaban J connectivity index is 0.00000137. The summed E-state index contributed by atoms with van der Waals surface area (Å²) in [7, 11) is 1.36. The molecule has 0 radical (unpaired) electrons. The van der Waals surface area contributed by atoms with Gasteiger partial charge in [0.15, 0.2) is 17.5 Å². The molecule has 0 atom stereocenters. The highest BCUT2D eigenvalue weighted by Crippen LogP contribution is 2.16. The van der Waals surface area contributed by atoms with Crippen molar-refractivity contribution in [2.45, 2.75) is 20.8 Å². The molecule has 0 spiro atoms. The average molecular weight is 258 g/mol. The van der Waals surface area contributed by atoms with Crippen LogP contribution in [0.2, 0.25) is 0 Å². The van der Waals surface area contributed by atoms with Gasteiger partial charge in [-0.15, -0.1) is 0 Å². The Hall–Kier alpha value is -1.98. The molecule has 0 heterocycles. The van der Waals surface area contributed by atoms with E-state index in [1.54, 1.807) is 6.92 Å². The molecule has 1 aromatic rings.